The molecule has 0 atom stereocenters. The minimum absolute atomic E-state index is 0. The molecule has 4 aromatic carbocycles. The summed E-state index contributed by atoms with van der Waals surface area (Å²) in [6.45, 7) is 35.7. The van der Waals surface area contributed by atoms with Crippen molar-refractivity contribution in [1.82, 2.24) is 9.97 Å². The molecule has 0 spiro atoms. The molecule has 2 heterocycles. The van der Waals surface area contributed by atoms with Crippen LogP contribution in [0.3, 0.4) is 0 Å². The zero-order valence-corrected chi connectivity index (χ0v) is 43.6. The maximum Gasteiger partial charge on any atom is 2.00 e. The second-order valence-corrected chi connectivity index (χ2v) is 25.9. The van der Waals surface area contributed by atoms with Crippen molar-refractivity contribution in [3.63, 3.8) is 0 Å². The van der Waals surface area contributed by atoms with Crippen molar-refractivity contribution in [2.45, 2.75) is 151 Å². The zero-order chi connectivity index (χ0) is 48.4. The number of rotatable bonds is 11. The predicted molar refractivity (Wildman–Crippen MR) is 265 cm³/mol. The monoisotopic (exact) mass is 1030 g/mol. The van der Waals surface area contributed by atoms with Crippen molar-refractivity contribution in [3.05, 3.63) is 137 Å². The second kappa shape index (κ2) is 18.9. The van der Waals surface area contributed by atoms with Crippen LogP contribution in [0.5, 0.6) is 11.5 Å². The van der Waals surface area contributed by atoms with Crippen LogP contribution in [0.1, 0.15) is 159 Å². The van der Waals surface area contributed by atoms with Gasteiger partial charge >= 0.3 is 21.1 Å². The van der Waals surface area contributed by atoms with Gasteiger partial charge in [-0.2, -0.15) is 0 Å². The fourth-order valence-electron chi connectivity index (χ4n) is 7.75. The first kappa shape index (κ1) is 43.2. The van der Waals surface area contributed by atoms with Crippen LogP contribution >= 0.6 is 0 Å². The van der Waals surface area contributed by atoms with E-state index in [-0.39, 0.29) is 44.0 Å². The van der Waals surface area contributed by atoms with Crippen molar-refractivity contribution in [2.24, 2.45) is 0 Å². The molecule has 5 heteroatoms. The van der Waals surface area contributed by atoms with Crippen LogP contribution in [0.25, 0.3) is 44.8 Å². The van der Waals surface area contributed by atoms with Gasteiger partial charge in [0, 0.05) is 26.6 Å². The largest absolute Gasteiger partial charge is 2.00 e. The van der Waals surface area contributed by atoms with Crippen molar-refractivity contribution in [3.8, 4) is 56.3 Å². The molecule has 0 unspecified atom stereocenters. The van der Waals surface area contributed by atoms with Gasteiger partial charge in [0.1, 0.15) is 0 Å². The molecule has 0 radical (unpaired) electrons. The number of pyridine rings is 2. The van der Waals surface area contributed by atoms with Crippen LogP contribution < -0.4 is 9.92 Å². The average Bonchev–Trinajstić information content (AvgIpc) is 3.18. The van der Waals surface area contributed by atoms with Crippen molar-refractivity contribution < 1.29 is 31.3 Å². The molecular weight excluding hydrogens is 952 g/mol. The fourth-order valence-corrected chi connectivity index (χ4v) is 8.75. The Morgan fingerprint density at radius 1 is 0.581 bits per heavy atom. The van der Waals surface area contributed by atoms with Gasteiger partial charge in [-0.15, -0.1) is 34.4 Å². The Balaban J connectivity index is 0.00000817. The fraction of sp³-hybridized carbons (Fsp3) is 0.404. The van der Waals surface area contributed by atoms with E-state index < -0.39 is 19.9 Å². The van der Waals surface area contributed by atoms with E-state index in [9.17, 15) is 5.48 Å². The van der Waals surface area contributed by atoms with E-state index >= 15 is 0 Å². The SMILES string of the molecule is [2H]c1c(C([2H])(C)C)c(-c2ccnc(-c3[c-]c(Oc4[c-]c(-c5cc(-c6c(C(C)C)cccc6C(C)C)ccn5)cc(C(C)(C)C)c4)cc(C(C)(C)C)c3)c2)c(C([2H])(C)C)c([2H])c1[Si](C)(C)C.[Pt+2]. The molecule has 6 rings (SSSR count). The molecule has 0 N–H and O–H groups in total. The molecule has 0 aliphatic carbocycles. The summed E-state index contributed by atoms with van der Waals surface area (Å²) in [5, 5.41) is 0.685. The van der Waals surface area contributed by atoms with E-state index in [0.29, 0.717) is 56.5 Å². The van der Waals surface area contributed by atoms with Gasteiger partial charge < -0.3 is 14.7 Å². The number of hydrogen-bond donors (Lipinski definition) is 0. The Morgan fingerprint density at radius 2 is 0.968 bits per heavy atom. The number of nitrogens with zero attached hydrogens (tertiary/aromatic N) is 2. The molecule has 0 fully saturated rings. The topological polar surface area (TPSA) is 35.0 Å². The van der Waals surface area contributed by atoms with Gasteiger partial charge in [0.25, 0.3) is 0 Å². The summed E-state index contributed by atoms with van der Waals surface area (Å²) >= 11 is 0. The quantitative estimate of drug-likeness (QED) is 0.0958. The molecule has 2 aromatic heterocycles. The summed E-state index contributed by atoms with van der Waals surface area (Å²) in [7, 11) is -2.24. The Bertz CT molecular complexity index is 2680. The standard InChI is InChI=1S/C57H70N2OSi.Pt/c1-35(2)48-19-18-20-49(36(3)4)54(48)39-21-23-58-52(29-39)41-25-43(56(9,10)11)31-45(27-41)60-46-28-42(26-44(32-46)57(12,13)14)53-30-40(22-24-59-53)55-50(37(5)6)33-47(61(15,16)17)34-51(55)38(7)8;/h18-26,29-38H,1-17H3;/q-2;+2/i33D,34D,37D,38D;. The van der Waals surface area contributed by atoms with Crippen LogP contribution in [0.15, 0.2) is 91.2 Å². The van der Waals surface area contributed by atoms with Gasteiger partial charge in [0.05, 0.1) is 10.8 Å². The van der Waals surface area contributed by atoms with Crippen LogP contribution in [0, 0.1) is 12.1 Å². The minimum atomic E-state index is -2.24. The molecule has 0 aliphatic heterocycles. The molecule has 0 aliphatic rings. The maximum atomic E-state index is 9.55. The number of ether oxygens (including phenoxy) is 1. The van der Waals surface area contributed by atoms with E-state index in [0.717, 1.165) is 33.5 Å². The smallest absolute Gasteiger partial charge is 0.497 e. The number of hydrogen-bond acceptors (Lipinski definition) is 3. The van der Waals surface area contributed by atoms with Crippen molar-refractivity contribution in [2.75, 3.05) is 0 Å². The van der Waals surface area contributed by atoms with Crippen LogP contribution in [-0.2, 0) is 31.9 Å². The van der Waals surface area contributed by atoms with Crippen molar-refractivity contribution >= 4 is 13.3 Å². The van der Waals surface area contributed by atoms with E-state index in [1.807, 2.05) is 24.4 Å². The second-order valence-electron chi connectivity index (χ2n) is 20.9. The van der Waals surface area contributed by atoms with E-state index in [2.05, 4.69) is 150 Å². The summed E-state index contributed by atoms with van der Waals surface area (Å²) in [6.07, 6.45) is 3.64. The summed E-state index contributed by atoms with van der Waals surface area (Å²) in [6, 6.07) is 30.8. The van der Waals surface area contributed by atoms with Gasteiger partial charge in [0.15, 0.2) is 0 Å². The van der Waals surface area contributed by atoms with Crippen LogP contribution in [0.2, 0.25) is 19.6 Å². The average molecular weight is 1030 g/mol. The van der Waals surface area contributed by atoms with Gasteiger partial charge in [-0.1, -0.05) is 188 Å². The molecule has 62 heavy (non-hydrogen) atoms. The first-order valence-electron chi connectivity index (χ1n) is 24.0. The summed E-state index contributed by atoms with van der Waals surface area (Å²) < 4.78 is 44.7. The van der Waals surface area contributed by atoms with Crippen LogP contribution in [-0.4, -0.2) is 18.0 Å². The molecule has 0 saturated heterocycles. The minimum Gasteiger partial charge on any atom is -0.497 e. The number of aromatic nitrogens is 2. The molecule has 328 valence electrons. The summed E-state index contributed by atoms with van der Waals surface area (Å²) in [5.41, 5.74) is 12.1. The Labute approximate surface area is 396 Å². The zero-order valence-electron chi connectivity index (χ0n) is 44.3. The van der Waals surface area contributed by atoms with Crippen molar-refractivity contribution in [1.29, 1.82) is 0 Å². The Kier molecular flexibility index (Phi) is 13.2. The van der Waals surface area contributed by atoms with Crippen LogP contribution in [0.4, 0.5) is 0 Å². The van der Waals surface area contributed by atoms with Gasteiger partial charge in [-0.25, -0.2) is 0 Å². The molecule has 3 nitrogen and oxygen atoms in total. The first-order valence-corrected chi connectivity index (χ1v) is 25.5. The number of benzene rings is 4. The molecule has 0 saturated carbocycles. The third-order valence-electron chi connectivity index (χ3n) is 11.4. The van der Waals surface area contributed by atoms with E-state index in [1.165, 1.54) is 16.7 Å². The van der Waals surface area contributed by atoms with E-state index in [1.54, 1.807) is 33.9 Å². The Morgan fingerprint density at radius 3 is 1.31 bits per heavy atom. The third-order valence-corrected chi connectivity index (χ3v) is 13.2. The van der Waals surface area contributed by atoms with Gasteiger partial charge in [0.2, 0.25) is 0 Å². The Hall–Kier alpha value is -4.11. The van der Waals surface area contributed by atoms with E-state index in [4.69, 9.17) is 14.7 Å². The summed E-state index contributed by atoms with van der Waals surface area (Å²) in [4.78, 5) is 9.79. The van der Waals surface area contributed by atoms with Gasteiger partial charge in [-0.3, -0.25) is 0 Å². The molecule has 0 bridgehead atoms. The summed E-state index contributed by atoms with van der Waals surface area (Å²) in [5.74, 6) is -0.579. The normalized spacial score (nSPS) is 13.7. The first-order chi connectivity index (χ1) is 29.9. The molecule has 6 aromatic rings. The predicted octanol–water partition coefficient (Wildman–Crippen LogP) is 16.2. The molecule has 0 amide bonds. The molecular formula is C57H70N2OPtSi. The third kappa shape index (κ3) is 11.0. The maximum absolute atomic E-state index is 9.55. The van der Waals surface area contributed by atoms with Gasteiger partial charge in [-0.05, 0) is 102 Å².